The van der Waals surface area contributed by atoms with Crippen LogP contribution >= 0.6 is 0 Å². The lowest BCUT2D eigenvalue weighted by molar-refractivity contribution is -0.138. The molecule has 1 aromatic carbocycles. The summed E-state index contributed by atoms with van der Waals surface area (Å²) in [7, 11) is 0. The molecule has 2 amide bonds. The molecular weight excluding hydrogens is 295 g/mol. The number of hydrogen-bond acceptors (Lipinski definition) is 2. The van der Waals surface area contributed by atoms with Gasteiger partial charge in [0.1, 0.15) is 5.82 Å². The van der Waals surface area contributed by atoms with Crippen LogP contribution in [0.5, 0.6) is 0 Å². The summed E-state index contributed by atoms with van der Waals surface area (Å²) in [5.74, 6) is -0.876. The van der Waals surface area contributed by atoms with Crippen molar-refractivity contribution >= 4 is 11.8 Å². The fourth-order valence-electron chi connectivity index (χ4n) is 4.05. The summed E-state index contributed by atoms with van der Waals surface area (Å²) in [4.78, 5) is 26.4. The number of primary amides is 1. The summed E-state index contributed by atoms with van der Waals surface area (Å²) in [6.45, 7) is 0.953. The smallest absolute Gasteiger partial charge is 0.233 e. The second kappa shape index (κ2) is 6.30. The molecule has 1 aromatic rings. The maximum absolute atomic E-state index is 13.7. The minimum absolute atomic E-state index is 0.0338. The SMILES string of the molecule is NC(=O)[C@H]1CCN(C(=O)C2(c3cccc(F)c3)CCCCC2)C1. The van der Waals surface area contributed by atoms with Crippen LogP contribution in [0.3, 0.4) is 0 Å². The van der Waals surface area contributed by atoms with E-state index in [1.54, 1.807) is 11.0 Å². The molecule has 23 heavy (non-hydrogen) atoms. The summed E-state index contributed by atoms with van der Waals surface area (Å²) in [5.41, 5.74) is 5.50. The van der Waals surface area contributed by atoms with E-state index >= 15 is 0 Å². The molecule has 1 saturated heterocycles. The maximum atomic E-state index is 13.7. The number of hydrogen-bond donors (Lipinski definition) is 1. The van der Waals surface area contributed by atoms with Crippen molar-refractivity contribution in [1.29, 1.82) is 0 Å². The van der Waals surface area contributed by atoms with Gasteiger partial charge in [-0.2, -0.15) is 0 Å². The molecule has 1 heterocycles. The number of rotatable bonds is 3. The number of benzene rings is 1. The zero-order chi connectivity index (χ0) is 16.4. The van der Waals surface area contributed by atoms with Crippen LogP contribution in [0, 0.1) is 11.7 Å². The van der Waals surface area contributed by atoms with Crippen LogP contribution in [0.1, 0.15) is 44.1 Å². The lowest BCUT2D eigenvalue weighted by Crippen LogP contribution is -2.47. The van der Waals surface area contributed by atoms with E-state index in [2.05, 4.69) is 0 Å². The number of nitrogens with zero attached hydrogens (tertiary/aromatic N) is 1. The van der Waals surface area contributed by atoms with E-state index in [1.165, 1.54) is 12.1 Å². The standard InChI is InChI=1S/C18H23FN2O2/c19-15-6-4-5-14(11-15)18(8-2-1-3-9-18)17(23)21-10-7-13(12-21)16(20)22/h4-6,11,13H,1-3,7-10,12H2,(H2,20,22)/t13-/m0/s1. The molecule has 0 bridgehead atoms. The van der Waals surface area contributed by atoms with Crippen molar-refractivity contribution in [3.63, 3.8) is 0 Å². The second-order valence-corrected chi connectivity index (χ2v) is 6.79. The highest BCUT2D eigenvalue weighted by atomic mass is 19.1. The first-order valence-electron chi connectivity index (χ1n) is 8.38. The van der Waals surface area contributed by atoms with E-state index in [9.17, 15) is 14.0 Å². The first-order valence-corrected chi connectivity index (χ1v) is 8.38. The van der Waals surface area contributed by atoms with Crippen LogP contribution < -0.4 is 5.73 Å². The third kappa shape index (κ3) is 2.96. The van der Waals surface area contributed by atoms with Crippen LogP contribution in [-0.4, -0.2) is 29.8 Å². The van der Waals surface area contributed by atoms with Gasteiger partial charge in [-0.3, -0.25) is 9.59 Å². The summed E-state index contributed by atoms with van der Waals surface area (Å²) in [6, 6.07) is 6.42. The number of likely N-dealkylation sites (tertiary alicyclic amines) is 1. The van der Waals surface area contributed by atoms with Gasteiger partial charge in [0.05, 0.1) is 11.3 Å². The van der Waals surface area contributed by atoms with Gasteiger partial charge in [0.25, 0.3) is 0 Å². The predicted molar refractivity (Wildman–Crippen MR) is 85.0 cm³/mol. The Hall–Kier alpha value is -1.91. The number of carbonyl (C=O) groups excluding carboxylic acids is 2. The van der Waals surface area contributed by atoms with Crippen molar-refractivity contribution in [2.75, 3.05) is 13.1 Å². The zero-order valence-corrected chi connectivity index (χ0v) is 13.3. The van der Waals surface area contributed by atoms with Gasteiger partial charge in [-0.05, 0) is 37.0 Å². The lowest BCUT2D eigenvalue weighted by Gasteiger charge is -2.39. The first kappa shape index (κ1) is 16.0. The highest BCUT2D eigenvalue weighted by molar-refractivity contribution is 5.89. The molecule has 2 N–H and O–H groups in total. The van der Waals surface area contributed by atoms with Crippen LogP contribution in [0.25, 0.3) is 0 Å². The fourth-order valence-corrected chi connectivity index (χ4v) is 4.05. The number of nitrogens with two attached hydrogens (primary N) is 1. The Balaban J connectivity index is 1.90. The van der Waals surface area contributed by atoms with Crippen LogP contribution in [0.15, 0.2) is 24.3 Å². The molecule has 0 aromatic heterocycles. The van der Waals surface area contributed by atoms with Gasteiger partial charge >= 0.3 is 0 Å². The molecule has 2 fully saturated rings. The third-order valence-electron chi connectivity index (χ3n) is 5.37. The number of halogens is 1. The van der Waals surface area contributed by atoms with Gasteiger partial charge in [0.15, 0.2) is 0 Å². The minimum Gasteiger partial charge on any atom is -0.369 e. The topological polar surface area (TPSA) is 63.4 Å². The first-order chi connectivity index (χ1) is 11.0. The Kier molecular flexibility index (Phi) is 4.37. The highest BCUT2D eigenvalue weighted by Crippen LogP contribution is 2.42. The molecule has 5 heteroatoms. The average molecular weight is 318 g/mol. The van der Waals surface area contributed by atoms with E-state index < -0.39 is 5.41 Å². The lowest BCUT2D eigenvalue weighted by atomic mass is 9.68. The van der Waals surface area contributed by atoms with Crippen LogP contribution in [0.4, 0.5) is 4.39 Å². The van der Waals surface area contributed by atoms with E-state index in [4.69, 9.17) is 5.73 Å². The maximum Gasteiger partial charge on any atom is 0.233 e. The largest absolute Gasteiger partial charge is 0.369 e. The van der Waals surface area contributed by atoms with Gasteiger partial charge in [-0.15, -0.1) is 0 Å². The summed E-state index contributed by atoms with van der Waals surface area (Å²) >= 11 is 0. The fraction of sp³-hybridized carbons (Fsp3) is 0.556. The van der Waals surface area contributed by atoms with Gasteiger partial charge in [-0.1, -0.05) is 31.4 Å². The molecule has 2 aliphatic rings. The molecule has 124 valence electrons. The summed E-state index contributed by atoms with van der Waals surface area (Å²) in [6.07, 6.45) is 5.15. The highest BCUT2D eigenvalue weighted by Gasteiger charge is 2.45. The molecule has 1 atom stereocenters. The minimum atomic E-state index is -0.646. The molecule has 4 nitrogen and oxygen atoms in total. The van der Waals surface area contributed by atoms with Crippen molar-refractivity contribution in [2.45, 2.75) is 43.9 Å². The summed E-state index contributed by atoms with van der Waals surface area (Å²) in [5, 5.41) is 0. The molecular formula is C18H23FN2O2. The second-order valence-electron chi connectivity index (χ2n) is 6.79. The van der Waals surface area contributed by atoms with E-state index in [-0.39, 0.29) is 23.5 Å². The zero-order valence-electron chi connectivity index (χ0n) is 13.3. The van der Waals surface area contributed by atoms with Crippen molar-refractivity contribution in [1.82, 2.24) is 4.90 Å². The van der Waals surface area contributed by atoms with Crippen molar-refractivity contribution in [3.05, 3.63) is 35.6 Å². The van der Waals surface area contributed by atoms with E-state index in [1.807, 2.05) is 6.07 Å². The van der Waals surface area contributed by atoms with Crippen LogP contribution in [0.2, 0.25) is 0 Å². The van der Waals surface area contributed by atoms with Crippen molar-refractivity contribution < 1.29 is 14.0 Å². The Morgan fingerprint density at radius 3 is 2.57 bits per heavy atom. The molecule has 0 unspecified atom stereocenters. The average Bonchev–Trinajstić information content (AvgIpc) is 3.05. The molecule has 1 saturated carbocycles. The Morgan fingerprint density at radius 1 is 1.22 bits per heavy atom. The van der Waals surface area contributed by atoms with Gasteiger partial charge in [-0.25, -0.2) is 4.39 Å². The van der Waals surface area contributed by atoms with E-state index in [0.717, 1.165) is 37.7 Å². The number of carbonyl (C=O) groups is 2. The molecule has 0 spiro atoms. The molecule has 0 radical (unpaired) electrons. The number of amides is 2. The van der Waals surface area contributed by atoms with E-state index in [0.29, 0.717) is 19.5 Å². The molecule has 3 rings (SSSR count). The van der Waals surface area contributed by atoms with Gasteiger partial charge in [0, 0.05) is 13.1 Å². The van der Waals surface area contributed by atoms with Gasteiger partial charge < -0.3 is 10.6 Å². The normalized spacial score (nSPS) is 23.7. The van der Waals surface area contributed by atoms with Crippen LogP contribution in [-0.2, 0) is 15.0 Å². The monoisotopic (exact) mass is 318 g/mol. The van der Waals surface area contributed by atoms with Crippen molar-refractivity contribution in [3.8, 4) is 0 Å². The Labute approximate surface area is 135 Å². The Morgan fingerprint density at radius 2 is 1.96 bits per heavy atom. The predicted octanol–water partition coefficient (Wildman–Crippen LogP) is 2.36. The molecule has 1 aliphatic heterocycles. The summed E-state index contributed by atoms with van der Waals surface area (Å²) < 4.78 is 13.7. The third-order valence-corrected chi connectivity index (χ3v) is 5.37. The van der Waals surface area contributed by atoms with Gasteiger partial charge in [0.2, 0.25) is 11.8 Å². The Bertz CT molecular complexity index is 611. The quantitative estimate of drug-likeness (QED) is 0.930. The van der Waals surface area contributed by atoms with Crippen molar-refractivity contribution in [2.24, 2.45) is 11.7 Å². The molecule has 1 aliphatic carbocycles.